The molecule has 3 aliphatic carbocycles. The second kappa shape index (κ2) is 8.13. The number of allylic oxidation sites excluding steroid dienone is 3. The van der Waals surface area contributed by atoms with Crippen molar-refractivity contribution in [3.8, 4) is 0 Å². The molecule has 0 aromatic rings. The van der Waals surface area contributed by atoms with Gasteiger partial charge in [0.25, 0.3) is 0 Å². The van der Waals surface area contributed by atoms with E-state index in [0.717, 1.165) is 49.5 Å². The van der Waals surface area contributed by atoms with Crippen molar-refractivity contribution >= 4 is 5.78 Å². The number of carbonyl (C=O) groups is 1. The first kappa shape index (κ1) is 21.9. The summed E-state index contributed by atoms with van der Waals surface area (Å²) in [4.78, 5) is 14.7. The van der Waals surface area contributed by atoms with Crippen molar-refractivity contribution in [3.63, 3.8) is 0 Å². The van der Waals surface area contributed by atoms with E-state index in [4.69, 9.17) is 4.74 Å². The van der Waals surface area contributed by atoms with E-state index in [1.54, 1.807) is 5.57 Å². The van der Waals surface area contributed by atoms with E-state index in [2.05, 4.69) is 39.6 Å². The Hall–Kier alpha value is -0.930. The molecule has 0 radical (unpaired) electrons. The molecule has 0 aromatic heterocycles. The standard InChI is InChI=1S/C28H43NO2/c1-17-12-26-27(29(5)15-17)18(2)6-8-22-23-9-7-20-13-21(30)10-11-28(20,4)25(23)14-24(22)19(3)16-31-26/h13,17-18,22-23,25-27H,6-12,14-16H2,1-5H3/b24-19-/t17-,18-,22-,23-,25-,26+,27-,28-/m0/s1. The molecule has 3 fully saturated rings. The number of rotatable bonds is 0. The lowest BCUT2D eigenvalue weighted by atomic mass is 9.56. The number of carbonyl (C=O) groups excluding carboxylic acids is 1. The van der Waals surface area contributed by atoms with Crippen LogP contribution in [-0.4, -0.2) is 43.0 Å². The molecule has 3 heteroatoms. The van der Waals surface area contributed by atoms with Crippen molar-refractivity contribution in [2.24, 2.45) is 35.0 Å². The summed E-state index contributed by atoms with van der Waals surface area (Å²) in [5.41, 5.74) is 4.97. The van der Waals surface area contributed by atoms with Crippen LogP contribution < -0.4 is 0 Å². The minimum Gasteiger partial charge on any atom is -0.372 e. The van der Waals surface area contributed by atoms with Gasteiger partial charge in [-0.25, -0.2) is 0 Å². The second-order valence-corrected chi connectivity index (χ2v) is 12.2. The summed E-state index contributed by atoms with van der Waals surface area (Å²) < 4.78 is 6.70. The highest BCUT2D eigenvalue weighted by molar-refractivity contribution is 5.91. The molecule has 3 nitrogen and oxygen atoms in total. The molecule has 0 unspecified atom stereocenters. The van der Waals surface area contributed by atoms with Gasteiger partial charge in [-0.1, -0.05) is 31.9 Å². The first-order valence-corrected chi connectivity index (χ1v) is 13.0. The van der Waals surface area contributed by atoms with Crippen molar-refractivity contribution in [2.75, 3.05) is 20.2 Å². The fourth-order valence-electron chi connectivity index (χ4n) is 8.55. The highest BCUT2D eigenvalue weighted by atomic mass is 16.5. The lowest BCUT2D eigenvalue weighted by molar-refractivity contribution is -0.116. The van der Waals surface area contributed by atoms with E-state index >= 15 is 0 Å². The zero-order valence-electron chi connectivity index (χ0n) is 20.5. The highest BCUT2D eigenvalue weighted by Gasteiger charge is 2.53. The van der Waals surface area contributed by atoms with E-state index in [-0.39, 0.29) is 5.41 Å². The van der Waals surface area contributed by atoms with Gasteiger partial charge in [0.15, 0.2) is 5.78 Å². The SMILES string of the molecule is C/C1=C2\C[C@H]3[C@@H](CCC4=CC(=O)CC[C@@]43C)[C@@H]2CC[C@H](C)[C@H]2[C@@H](C[C@H](C)CN2C)OC1. The van der Waals surface area contributed by atoms with Gasteiger partial charge in [-0.05, 0) is 106 Å². The summed E-state index contributed by atoms with van der Waals surface area (Å²) >= 11 is 0. The Bertz CT molecular complexity index is 797. The van der Waals surface area contributed by atoms with Gasteiger partial charge in [-0.2, -0.15) is 0 Å². The van der Waals surface area contributed by atoms with Crippen LogP contribution >= 0.6 is 0 Å². The molecule has 2 saturated carbocycles. The molecule has 1 saturated heterocycles. The van der Waals surface area contributed by atoms with Gasteiger partial charge in [0.1, 0.15) is 0 Å². The molecule has 0 spiro atoms. The summed E-state index contributed by atoms with van der Waals surface area (Å²) in [6.07, 6.45) is 11.7. The molecule has 31 heavy (non-hydrogen) atoms. The van der Waals surface area contributed by atoms with Crippen molar-refractivity contribution < 1.29 is 9.53 Å². The number of ketones is 1. The third-order valence-electron chi connectivity index (χ3n) is 10.1. The van der Waals surface area contributed by atoms with Crippen molar-refractivity contribution in [1.82, 2.24) is 4.90 Å². The topological polar surface area (TPSA) is 29.5 Å². The third kappa shape index (κ3) is 3.68. The maximum atomic E-state index is 12.1. The van der Waals surface area contributed by atoms with Crippen molar-refractivity contribution in [1.29, 1.82) is 0 Å². The molecule has 5 rings (SSSR count). The maximum Gasteiger partial charge on any atom is 0.155 e. The lowest BCUT2D eigenvalue weighted by Gasteiger charge is -2.48. The van der Waals surface area contributed by atoms with Gasteiger partial charge < -0.3 is 9.64 Å². The number of likely N-dealkylation sites (N-methyl/N-ethyl adjacent to an activating group) is 1. The number of piperidine rings is 1. The Balaban J connectivity index is 1.45. The van der Waals surface area contributed by atoms with Crippen LogP contribution in [0.3, 0.4) is 0 Å². The maximum absolute atomic E-state index is 12.1. The smallest absolute Gasteiger partial charge is 0.155 e. The van der Waals surface area contributed by atoms with Crippen LogP contribution in [0.15, 0.2) is 22.8 Å². The molecule has 0 bridgehead atoms. The first-order chi connectivity index (χ1) is 14.8. The zero-order chi connectivity index (χ0) is 21.9. The van der Waals surface area contributed by atoms with Gasteiger partial charge in [0.05, 0.1) is 12.7 Å². The molecule has 172 valence electrons. The number of hydrogen-bond acceptors (Lipinski definition) is 3. The summed E-state index contributed by atoms with van der Waals surface area (Å²) in [7, 11) is 2.32. The predicted octanol–water partition coefficient (Wildman–Crippen LogP) is 5.80. The largest absolute Gasteiger partial charge is 0.372 e. The molecular formula is C28H43NO2. The van der Waals surface area contributed by atoms with Crippen molar-refractivity contribution in [3.05, 3.63) is 22.8 Å². The Morgan fingerprint density at radius 2 is 1.97 bits per heavy atom. The van der Waals surface area contributed by atoms with Gasteiger partial charge in [0.2, 0.25) is 0 Å². The minimum absolute atomic E-state index is 0.243. The van der Waals surface area contributed by atoms with Crippen LogP contribution in [0.5, 0.6) is 0 Å². The van der Waals surface area contributed by atoms with Crippen LogP contribution in [0.1, 0.15) is 79.1 Å². The molecule has 0 amide bonds. The number of nitrogens with zero attached hydrogens (tertiary/aromatic N) is 1. The minimum atomic E-state index is 0.243. The Labute approximate surface area is 189 Å². The van der Waals surface area contributed by atoms with Gasteiger partial charge >= 0.3 is 0 Å². The summed E-state index contributed by atoms with van der Waals surface area (Å²) in [5.74, 6) is 4.01. The second-order valence-electron chi connectivity index (χ2n) is 12.2. The van der Waals surface area contributed by atoms with Crippen LogP contribution in [-0.2, 0) is 9.53 Å². The van der Waals surface area contributed by atoms with E-state index in [9.17, 15) is 4.79 Å². The average Bonchev–Trinajstić information content (AvgIpc) is 3.10. The van der Waals surface area contributed by atoms with Gasteiger partial charge in [0, 0.05) is 19.0 Å². The monoisotopic (exact) mass is 425 g/mol. The summed E-state index contributed by atoms with van der Waals surface area (Å²) in [6, 6.07) is 0.561. The predicted molar refractivity (Wildman–Crippen MR) is 126 cm³/mol. The number of ether oxygens (including phenoxy) is 1. The Morgan fingerprint density at radius 3 is 2.77 bits per heavy atom. The average molecular weight is 426 g/mol. The van der Waals surface area contributed by atoms with Crippen LogP contribution in [0.4, 0.5) is 0 Å². The molecule has 5 aliphatic rings. The lowest BCUT2D eigenvalue weighted by Crippen LogP contribution is -2.53. The fraction of sp³-hybridized carbons (Fsp3) is 0.821. The molecule has 2 heterocycles. The first-order valence-electron chi connectivity index (χ1n) is 13.0. The molecule has 0 aromatic carbocycles. The van der Waals surface area contributed by atoms with E-state index in [1.165, 1.54) is 49.8 Å². The van der Waals surface area contributed by atoms with Crippen LogP contribution in [0.2, 0.25) is 0 Å². The van der Waals surface area contributed by atoms with Gasteiger partial charge in [-0.3, -0.25) is 4.79 Å². The number of fused-ring (bicyclic) bond motifs is 6. The highest BCUT2D eigenvalue weighted by Crippen LogP contribution is 2.62. The number of likely N-dealkylation sites (tertiary alicyclic amines) is 1. The van der Waals surface area contributed by atoms with E-state index in [0.29, 0.717) is 23.8 Å². The quantitative estimate of drug-likeness (QED) is 0.459. The van der Waals surface area contributed by atoms with E-state index < -0.39 is 0 Å². The Kier molecular flexibility index (Phi) is 5.74. The number of hydrogen-bond donors (Lipinski definition) is 0. The van der Waals surface area contributed by atoms with Crippen LogP contribution in [0, 0.1) is 35.0 Å². The zero-order valence-corrected chi connectivity index (χ0v) is 20.5. The van der Waals surface area contributed by atoms with Gasteiger partial charge in [-0.15, -0.1) is 0 Å². The molecule has 0 N–H and O–H groups in total. The molecular weight excluding hydrogens is 382 g/mol. The molecule has 8 atom stereocenters. The summed E-state index contributed by atoms with van der Waals surface area (Å²) in [6.45, 7) is 11.7. The Morgan fingerprint density at radius 1 is 1.16 bits per heavy atom. The van der Waals surface area contributed by atoms with E-state index in [1.807, 2.05) is 6.08 Å². The fourth-order valence-corrected chi connectivity index (χ4v) is 8.55. The van der Waals surface area contributed by atoms with Crippen molar-refractivity contribution in [2.45, 2.75) is 91.2 Å². The third-order valence-corrected chi connectivity index (χ3v) is 10.1. The van der Waals surface area contributed by atoms with Crippen LogP contribution in [0.25, 0.3) is 0 Å². The molecule has 2 aliphatic heterocycles. The normalized spacial score (nSPS) is 48.9. The summed E-state index contributed by atoms with van der Waals surface area (Å²) in [5, 5.41) is 0.